The summed E-state index contributed by atoms with van der Waals surface area (Å²) in [6.45, 7) is 4.68. The van der Waals surface area contributed by atoms with Gasteiger partial charge in [0.15, 0.2) is 5.54 Å². The first-order chi connectivity index (χ1) is 14.8. The van der Waals surface area contributed by atoms with E-state index in [1.54, 1.807) is 50.2 Å². The summed E-state index contributed by atoms with van der Waals surface area (Å²) < 4.78 is 28.0. The number of amides is 2. The molecule has 8 nitrogen and oxygen atoms in total. The third-order valence-electron chi connectivity index (χ3n) is 4.58. The fourth-order valence-electron chi connectivity index (χ4n) is 2.95. The summed E-state index contributed by atoms with van der Waals surface area (Å²) in [5.74, 6) is -1.17. The van der Waals surface area contributed by atoms with Crippen LogP contribution in [0, 0.1) is 5.82 Å². The Morgan fingerprint density at radius 1 is 0.935 bits per heavy atom. The van der Waals surface area contributed by atoms with Crippen molar-refractivity contribution in [2.75, 3.05) is 20.3 Å². The Labute approximate surface area is 179 Å². The first kappa shape index (κ1) is 23.7. The summed E-state index contributed by atoms with van der Waals surface area (Å²) in [6, 6.07) is 12.5. The number of hydrogen-bond acceptors (Lipinski definition) is 6. The molecule has 0 radical (unpaired) electrons. The maximum Gasteiger partial charge on any atom is 0.430 e. The van der Waals surface area contributed by atoms with Crippen LogP contribution in [0.5, 0.6) is 0 Å². The highest BCUT2D eigenvalue weighted by molar-refractivity contribution is 5.88. The van der Waals surface area contributed by atoms with E-state index >= 15 is 0 Å². The molecule has 0 aromatic heterocycles. The predicted octanol–water partition coefficient (Wildman–Crippen LogP) is 4.00. The van der Waals surface area contributed by atoms with Crippen LogP contribution in [0.3, 0.4) is 0 Å². The number of ether oxygens (including phenoxy) is 3. The lowest BCUT2D eigenvalue weighted by Gasteiger charge is -2.37. The minimum Gasteiger partial charge on any atom is -0.467 e. The Hall–Kier alpha value is -3.62. The number of hydrogen-bond donors (Lipinski definition) is 1. The summed E-state index contributed by atoms with van der Waals surface area (Å²) >= 11 is 0. The maximum absolute atomic E-state index is 13.2. The molecule has 31 heavy (non-hydrogen) atoms. The molecule has 9 heteroatoms. The first-order valence-corrected chi connectivity index (χ1v) is 9.63. The molecule has 1 N–H and O–H groups in total. The molecule has 166 valence electrons. The smallest absolute Gasteiger partial charge is 0.430 e. The second kappa shape index (κ2) is 10.4. The van der Waals surface area contributed by atoms with Crippen LogP contribution in [0.1, 0.15) is 26.3 Å². The number of nitrogens with zero attached hydrogens (tertiary/aromatic N) is 1. The quantitative estimate of drug-likeness (QED) is 0.421. The summed E-state index contributed by atoms with van der Waals surface area (Å²) in [5, 5.41) is 0.743. The molecule has 0 aliphatic heterocycles. The van der Waals surface area contributed by atoms with Crippen molar-refractivity contribution in [3.63, 3.8) is 0 Å². The van der Waals surface area contributed by atoms with Crippen LogP contribution in [0.4, 0.5) is 14.0 Å². The zero-order chi connectivity index (χ0) is 23.0. The van der Waals surface area contributed by atoms with Crippen molar-refractivity contribution >= 4 is 18.2 Å². The Morgan fingerprint density at radius 3 is 1.94 bits per heavy atom. The third-order valence-corrected chi connectivity index (χ3v) is 4.58. The lowest BCUT2D eigenvalue weighted by Crippen LogP contribution is -2.60. The monoisotopic (exact) mass is 432 g/mol. The van der Waals surface area contributed by atoms with Crippen molar-refractivity contribution in [3.05, 3.63) is 59.9 Å². The Morgan fingerprint density at radius 2 is 1.45 bits per heavy atom. The second-order valence-electron chi connectivity index (χ2n) is 6.51. The molecule has 0 unspecified atom stereocenters. The van der Waals surface area contributed by atoms with Gasteiger partial charge in [-0.3, -0.25) is 0 Å². The van der Waals surface area contributed by atoms with Crippen molar-refractivity contribution in [2.24, 2.45) is 0 Å². The molecule has 0 bridgehead atoms. The van der Waals surface area contributed by atoms with Gasteiger partial charge in [0, 0.05) is 0 Å². The molecule has 0 saturated carbocycles. The summed E-state index contributed by atoms with van der Waals surface area (Å²) in [7, 11) is 1.17. The second-order valence-corrected chi connectivity index (χ2v) is 6.51. The van der Waals surface area contributed by atoms with E-state index in [-0.39, 0.29) is 19.0 Å². The number of esters is 1. The molecule has 1 atom stereocenters. The van der Waals surface area contributed by atoms with Gasteiger partial charge >= 0.3 is 18.2 Å². The van der Waals surface area contributed by atoms with Crippen molar-refractivity contribution in [1.29, 1.82) is 0 Å². The van der Waals surface area contributed by atoms with E-state index in [4.69, 9.17) is 14.2 Å². The SMILES string of the molecule is CCOC(=O)NN(C(=O)OCC)[C@@](C)(C(=O)OC)c1ccc(-c2ccc(F)cc2)cc1. The predicted molar refractivity (Wildman–Crippen MR) is 110 cm³/mol. The van der Waals surface area contributed by atoms with Crippen LogP contribution >= 0.6 is 0 Å². The van der Waals surface area contributed by atoms with Crippen molar-refractivity contribution in [2.45, 2.75) is 26.3 Å². The van der Waals surface area contributed by atoms with Crippen LogP contribution in [0.2, 0.25) is 0 Å². The lowest BCUT2D eigenvalue weighted by molar-refractivity contribution is -0.155. The van der Waals surface area contributed by atoms with Gasteiger partial charge in [0.05, 0.1) is 20.3 Å². The molecule has 2 amide bonds. The average molecular weight is 432 g/mol. The summed E-state index contributed by atoms with van der Waals surface area (Å²) in [5.41, 5.74) is 2.36. The van der Waals surface area contributed by atoms with E-state index < -0.39 is 23.7 Å². The number of carbonyl (C=O) groups excluding carboxylic acids is 3. The van der Waals surface area contributed by atoms with Crippen molar-refractivity contribution < 1.29 is 33.0 Å². The molecule has 2 aromatic rings. The molecule has 2 rings (SSSR count). The van der Waals surface area contributed by atoms with Crippen LogP contribution < -0.4 is 5.43 Å². The largest absolute Gasteiger partial charge is 0.467 e. The molecular formula is C22H25FN2O6. The highest BCUT2D eigenvalue weighted by Gasteiger charge is 2.47. The molecule has 0 aliphatic rings. The highest BCUT2D eigenvalue weighted by atomic mass is 19.1. The number of halogens is 1. The summed E-state index contributed by atoms with van der Waals surface area (Å²) in [4.78, 5) is 37.5. The van der Waals surface area contributed by atoms with Crippen LogP contribution in [0.15, 0.2) is 48.5 Å². The number of rotatable bonds is 6. The van der Waals surface area contributed by atoms with E-state index in [1.165, 1.54) is 26.2 Å². The molecule has 0 heterocycles. The lowest BCUT2D eigenvalue weighted by atomic mass is 9.90. The molecule has 0 saturated heterocycles. The van der Waals surface area contributed by atoms with Gasteiger partial charge in [-0.05, 0) is 49.6 Å². The molecule has 0 aliphatic carbocycles. The number of benzene rings is 2. The van der Waals surface area contributed by atoms with Gasteiger partial charge in [-0.2, -0.15) is 5.01 Å². The normalized spacial score (nSPS) is 12.3. The molecule has 0 fully saturated rings. The van der Waals surface area contributed by atoms with Crippen LogP contribution in [-0.2, 0) is 24.5 Å². The Balaban J connectivity index is 2.50. The van der Waals surface area contributed by atoms with Gasteiger partial charge in [0.2, 0.25) is 0 Å². The van der Waals surface area contributed by atoms with Gasteiger partial charge in [0.25, 0.3) is 0 Å². The van der Waals surface area contributed by atoms with Crippen molar-refractivity contribution in [3.8, 4) is 11.1 Å². The zero-order valence-corrected chi connectivity index (χ0v) is 17.8. The fraction of sp³-hybridized carbons (Fsp3) is 0.318. The zero-order valence-electron chi connectivity index (χ0n) is 17.8. The van der Waals surface area contributed by atoms with Crippen LogP contribution in [-0.4, -0.2) is 43.5 Å². The minimum atomic E-state index is -1.77. The number of carbonyl (C=O) groups is 3. The third kappa shape index (κ3) is 5.30. The van der Waals surface area contributed by atoms with Crippen molar-refractivity contribution in [1.82, 2.24) is 10.4 Å². The maximum atomic E-state index is 13.2. The molecule has 0 spiro atoms. The minimum absolute atomic E-state index is 0.0145. The van der Waals surface area contributed by atoms with Gasteiger partial charge in [0.1, 0.15) is 5.82 Å². The first-order valence-electron chi connectivity index (χ1n) is 9.63. The molecule has 2 aromatic carbocycles. The van der Waals surface area contributed by atoms with Gasteiger partial charge in [-0.1, -0.05) is 36.4 Å². The highest BCUT2D eigenvalue weighted by Crippen LogP contribution is 2.31. The topological polar surface area (TPSA) is 94.2 Å². The van der Waals surface area contributed by atoms with E-state index in [0.717, 1.165) is 16.1 Å². The van der Waals surface area contributed by atoms with E-state index in [1.807, 2.05) is 0 Å². The Kier molecular flexibility index (Phi) is 7.95. The average Bonchev–Trinajstić information content (AvgIpc) is 2.77. The molecular weight excluding hydrogens is 407 g/mol. The Bertz CT molecular complexity index is 917. The van der Waals surface area contributed by atoms with Crippen LogP contribution in [0.25, 0.3) is 11.1 Å². The van der Waals surface area contributed by atoms with Gasteiger partial charge < -0.3 is 14.2 Å². The van der Waals surface area contributed by atoms with E-state index in [2.05, 4.69) is 5.43 Å². The number of nitrogens with one attached hydrogen (secondary N) is 1. The fourth-order valence-corrected chi connectivity index (χ4v) is 2.95. The van der Waals surface area contributed by atoms with Gasteiger partial charge in [-0.15, -0.1) is 0 Å². The standard InChI is InChI=1S/C22H25FN2O6/c1-5-30-20(27)24-25(21(28)31-6-2)22(3,19(26)29-4)17-11-7-15(8-12-17)16-9-13-18(23)14-10-16/h7-14H,5-6H2,1-4H3,(H,24,27)/t22-/m1/s1. The van der Waals surface area contributed by atoms with E-state index in [9.17, 15) is 18.8 Å². The number of hydrazine groups is 1. The summed E-state index contributed by atoms with van der Waals surface area (Å²) in [6.07, 6.45) is -1.90. The van der Waals surface area contributed by atoms with E-state index in [0.29, 0.717) is 5.56 Å². The van der Waals surface area contributed by atoms with Gasteiger partial charge in [-0.25, -0.2) is 24.2 Å². The number of methoxy groups -OCH3 is 1.